The minimum atomic E-state index is -3.84. The number of carbonyl (C=O) groups is 3. The number of halogens is 6. The van der Waals surface area contributed by atoms with Gasteiger partial charge in [-0.05, 0) is 175 Å². The molecule has 119 heavy (non-hydrogen) atoms. The van der Waals surface area contributed by atoms with Crippen LogP contribution in [0, 0.1) is 5.41 Å². The molecule has 0 fully saturated rings. The first-order chi connectivity index (χ1) is 57.1. The van der Waals surface area contributed by atoms with Crippen molar-refractivity contribution in [2.75, 3.05) is 198 Å². The first kappa shape index (κ1) is 97.6. The lowest BCUT2D eigenvalue weighted by Crippen LogP contribution is -2.32. The van der Waals surface area contributed by atoms with Gasteiger partial charge in [0.1, 0.15) is 0 Å². The second kappa shape index (κ2) is 49.5. The molecule has 0 bridgehead atoms. The number of fused-ring (bicyclic) bond motifs is 3. The van der Waals surface area contributed by atoms with Crippen LogP contribution < -0.4 is 25.4 Å². The first-order valence-electron chi connectivity index (χ1n) is 40.1. The molecule has 3 heterocycles. The van der Waals surface area contributed by atoms with Gasteiger partial charge >= 0.3 is 0 Å². The van der Waals surface area contributed by atoms with E-state index in [9.17, 15) is 39.6 Å². The molecule has 9 rings (SSSR count). The molecular formula is C84H112Cl6N8O18S3. The fourth-order valence-corrected chi connectivity index (χ4v) is 19.7. The quantitative estimate of drug-likeness (QED) is 0.0222. The number of nitrogens with zero attached hydrogens (tertiary/aromatic N) is 3. The van der Waals surface area contributed by atoms with E-state index in [1.807, 2.05) is 64.5 Å². The van der Waals surface area contributed by atoms with Crippen LogP contribution in [0.4, 0.5) is 0 Å². The van der Waals surface area contributed by atoms with Crippen LogP contribution in [0.3, 0.4) is 0 Å². The first-order valence-corrected chi connectivity index (χ1v) is 47.0. The van der Waals surface area contributed by atoms with Crippen molar-refractivity contribution in [1.29, 1.82) is 0 Å². The molecule has 3 amide bonds. The van der Waals surface area contributed by atoms with Crippen LogP contribution in [0.5, 0.6) is 0 Å². The van der Waals surface area contributed by atoms with Gasteiger partial charge in [0.05, 0.1) is 133 Å². The van der Waals surface area contributed by atoms with Crippen LogP contribution in [0.15, 0.2) is 124 Å². The Morgan fingerprint density at radius 2 is 0.655 bits per heavy atom. The molecule has 656 valence electrons. The van der Waals surface area contributed by atoms with E-state index in [0.717, 1.165) is 50.1 Å². The number of hydrogen-bond acceptors (Lipinski definition) is 21. The lowest BCUT2D eigenvalue weighted by atomic mass is 9.77. The molecule has 3 aliphatic heterocycles. The van der Waals surface area contributed by atoms with Gasteiger partial charge in [-0.15, -0.1) is 0 Å². The predicted octanol–water partition coefficient (Wildman–Crippen LogP) is 11.3. The summed E-state index contributed by atoms with van der Waals surface area (Å²) in [6.07, 6.45) is 1.94. The van der Waals surface area contributed by atoms with E-state index >= 15 is 0 Å². The van der Waals surface area contributed by atoms with Crippen molar-refractivity contribution in [3.05, 3.63) is 189 Å². The molecule has 6 aromatic carbocycles. The SMILES string of the molecule is CN1Cc2c(Cl)cc(Cl)cc2[C@H](c2cccc(S(=O)(=O)CCCOCCOCCOCCNC(=O)CCC(C)(CCC(=O)NCCOCCOCCOCCNS(=O)(=O)c3cccc([C@@H]4CN(C)Cc5c(Cl)cc(Cl)cc54)c3)CCC(=O)NCCOCCOCCOCCNS(=O)(=O)c3cccc([C@@H]4CN(C)Cc5c(Cl)cc(Cl)cc54)c3)c2)C1. The van der Waals surface area contributed by atoms with Crippen molar-refractivity contribution < 1.29 is 82.3 Å². The minimum Gasteiger partial charge on any atom is -0.379 e. The molecule has 0 saturated heterocycles. The lowest BCUT2D eigenvalue weighted by molar-refractivity contribution is -0.122. The van der Waals surface area contributed by atoms with Gasteiger partial charge < -0.3 is 73.3 Å². The third-order valence-corrected chi connectivity index (χ3v) is 27.2. The average molecular weight is 1830 g/mol. The number of hydrogen-bond donors (Lipinski definition) is 5. The summed E-state index contributed by atoms with van der Waals surface area (Å²) in [5.74, 6) is -1.04. The van der Waals surface area contributed by atoms with Crippen molar-refractivity contribution in [1.82, 2.24) is 40.1 Å². The molecule has 0 unspecified atom stereocenters. The predicted molar refractivity (Wildman–Crippen MR) is 462 cm³/mol. The maximum atomic E-state index is 13.4. The summed E-state index contributed by atoms with van der Waals surface area (Å²) in [4.78, 5) is 46.6. The van der Waals surface area contributed by atoms with E-state index < -0.39 is 35.3 Å². The monoisotopic (exact) mass is 1830 g/mol. The number of sulfone groups is 1. The maximum Gasteiger partial charge on any atom is 0.240 e. The molecule has 0 aromatic heterocycles. The average Bonchev–Trinajstić information content (AvgIpc) is 0.781. The van der Waals surface area contributed by atoms with Crippen molar-refractivity contribution in [3.63, 3.8) is 0 Å². The number of nitrogens with one attached hydrogen (secondary N) is 5. The van der Waals surface area contributed by atoms with Gasteiger partial charge in [0.15, 0.2) is 9.84 Å². The van der Waals surface area contributed by atoms with Gasteiger partial charge in [0.25, 0.3) is 0 Å². The van der Waals surface area contributed by atoms with E-state index in [2.05, 4.69) is 40.1 Å². The van der Waals surface area contributed by atoms with Crippen LogP contribution in [0.2, 0.25) is 30.1 Å². The number of benzene rings is 6. The van der Waals surface area contributed by atoms with E-state index in [-0.39, 0.29) is 227 Å². The highest BCUT2D eigenvalue weighted by Gasteiger charge is 2.33. The smallest absolute Gasteiger partial charge is 0.240 e. The van der Waals surface area contributed by atoms with E-state index in [4.69, 9.17) is 112 Å². The molecule has 0 saturated carbocycles. The Labute approximate surface area is 731 Å². The highest BCUT2D eigenvalue weighted by Crippen LogP contribution is 2.43. The van der Waals surface area contributed by atoms with Crippen molar-refractivity contribution in [2.24, 2.45) is 5.41 Å². The van der Waals surface area contributed by atoms with E-state index in [1.54, 1.807) is 72.8 Å². The summed E-state index contributed by atoms with van der Waals surface area (Å²) in [7, 11) is -5.27. The largest absolute Gasteiger partial charge is 0.379 e. The molecule has 0 aliphatic carbocycles. The number of likely N-dealkylation sites (N-methyl/N-ethyl adjacent to an activating group) is 3. The normalized spacial score (nSPS) is 16.1. The van der Waals surface area contributed by atoms with Gasteiger partial charge in [-0.25, -0.2) is 34.7 Å². The van der Waals surface area contributed by atoms with Crippen molar-refractivity contribution in [2.45, 2.75) is 104 Å². The Hall–Kier alpha value is -5.24. The number of ether oxygens (including phenoxy) is 9. The second-order valence-corrected chi connectivity index (χ2v) is 38.3. The van der Waals surface area contributed by atoms with Crippen LogP contribution in [0.25, 0.3) is 0 Å². The van der Waals surface area contributed by atoms with Crippen LogP contribution in [-0.4, -0.2) is 256 Å². The standard InChI is InChI=1S/C84H112Cl6N8O18S3/c1-84(18-15-81(99)91-21-27-109-33-39-114-38-32-108-26-8-44-117(102,103)66-12-5-9-60(45-66)72-54-96(2)57-75-69(72)48-63(85)51-78(75)88,19-16-82(100)92-22-28-110-34-40-115-42-36-112-30-24-94-118(104,105)67-13-6-10-61(46-67)73-55-97(3)58-76-70(73)49-64(86)52-79(76)89)20-17-83(101)93-23-29-111-35-41-116-43-37-113-31-25-95-119(106,107)68-14-7-11-62(47-68)74-56-98(4)59-77-71(74)50-65(87)53-80(77)90/h5-7,9-14,45-53,72-74,94-95H,8,15-44,54-59H2,1-4H3,(H,91,99)(H,92,100)(H,93,101)/t72-,73-,74-/m0/s1. The molecule has 0 radical (unpaired) electrons. The zero-order chi connectivity index (χ0) is 85.4. The summed E-state index contributed by atoms with van der Waals surface area (Å²) in [5, 5.41) is 12.0. The summed E-state index contributed by atoms with van der Waals surface area (Å²) in [5.41, 5.74) is 7.88. The number of rotatable bonds is 54. The molecule has 26 nitrogen and oxygen atoms in total. The zero-order valence-electron chi connectivity index (χ0n) is 68.0. The molecule has 3 aliphatic rings. The van der Waals surface area contributed by atoms with Gasteiger partial charge in [-0.3, -0.25) is 14.4 Å². The minimum absolute atomic E-state index is 0.0561. The Bertz CT molecular complexity index is 4190. The zero-order valence-corrected chi connectivity index (χ0v) is 75.0. The Kier molecular flexibility index (Phi) is 40.5. The lowest BCUT2D eigenvalue weighted by Gasteiger charge is -2.33. The van der Waals surface area contributed by atoms with Crippen LogP contribution >= 0.6 is 69.6 Å². The van der Waals surface area contributed by atoms with E-state index in [1.165, 1.54) is 0 Å². The maximum absolute atomic E-state index is 13.4. The Morgan fingerprint density at radius 3 is 0.975 bits per heavy atom. The van der Waals surface area contributed by atoms with Crippen LogP contribution in [-0.2, 0) is 107 Å². The Morgan fingerprint density at radius 1 is 0.378 bits per heavy atom. The van der Waals surface area contributed by atoms with Crippen molar-refractivity contribution in [3.8, 4) is 0 Å². The van der Waals surface area contributed by atoms with Gasteiger partial charge in [0, 0.05) is 146 Å². The van der Waals surface area contributed by atoms with E-state index in [0.29, 0.717) is 95.1 Å². The fourth-order valence-electron chi connectivity index (χ4n) is 14.5. The van der Waals surface area contributed by atoms with Crippen LogP contribution in [0.1, 0.15) is 120 Å². The second-order valence-electron chi connectivity index (χ2n) is 30.2. The Balaban J connectivity index is 0.613. The van der Waals surface area contributed by atoms with Gasteiger partial charge in [-0.2, -0.15) is 0 Å². The number of amides is 3. The molecule has 0 spiro atoms. The third kappa shape index (κ3) is 32.0. The highest BCUT2D eigenvalue weighted by molar-refractivity contribution is 7.91. The molecular weight excluding hydrogens is 1720 g/mol. The molecule has 3 atom stereocenters. The summed E-state index contributed by atoms with van der Waals surface area (Å²) >= 11 is 38.9. The number of carbonyl (C=O) groups excluding carboxylic acids is 3. The molecule has 5 N–H and O–H groups in total. The van der Waals surface area contributed by atoms with Crippen molar-refractivity contribution >= 4 is 117 Å². The van der Waals surface area contributed by atoms with Gasteiger partial charge in [-0.1, -0.05) is 113 Å². The number of sulfonamides is 2. The molecule has 6 aromatic rings. The summed E-state index contributed by atoms with van der Waals surface area (Å²) in [6.45, 7) is 11.2. The third-order valence-electron chi connectivity index (χ3n) is 20.8. The topological polar surface area (TPSA) is 307 Å². The van der Waals surface area contributed by atoms with Gasteiger partial charge in [0.2, 0.25) is 37.8 Å². The summed E-state index contributed by atoms with van der Waals surface area (Å²) in [6, 6.07) is 31.7. The fraction of sp³-hybridized carbons (Fsp3) is 0.536. The summed E-state index contributed by atoms with van der Waals surface area (Å²) < 4.78 is 136. The highest BCUT2D eigenvalue weighted by atomic mass is 35.5. The molecule has 35 heteroatoms.